The lowest BCUT2D eigenvalue weighted by atomic mass is 9.97. The summed E-state index contributed by atoms with van der Waals surface area (Å²) in [6.45, 7) is 4.96. The number of esters is 1. The van der Waals surface area contributed by atoms with Crippen molar-refractivity contribution in [3.8, 4) is 0 Å². The largest absolute Gasteiger partial charge is 0.462 e. The lowest BCUT2D eigenvalue weighted by Gasteiger charge is -2.16. The fourth-order valence-electron chi connectivity index (χ4n) is 2.25. The smallest absolute Gasteiger partial charge is 0.338 e. The molecule has 0 spiro atoms. The standard InChI is InChI=1S/C17H26O2/c1-3-5-7-11-15(10-4-2)14-19-17(18)16-12-8-6-9-13-16/h6,8-9,12-13,15H,3-5,7,10-11,14H2,1-2H3/t15-/m1/s1. The van der Waals surface area contributed by atoms with Gasteiger partial charge in [-0.2, -0.15) is 0 Å². The van der Waals surface area contributed by atoms with Crippen LogP contribution in [0.25, 0.3) is 0 Å². The summed E-state index contributed by atoms with van der Waals surface area (Å²) in [4.78, 5) is 11.9. The number of ether oxygens (including phenoxy) is 1. The summed E-state index contributed by atoms with van der Waals surface area (Å²) in [6.07, 6.45) is 7.22. The second kappa shape index (κ2) is 9.60. The van der Waals surface area contributed by atoms with Crippen molar-refractivity contribution in [3.05, 3.63) is 35.9 Å². The normalized spacial score (nSPS) is 12.1. The Morgan fingerprint density at radius 3 is 2.42 bits per heavy atom. The van der Waals surface area contributed by atoms with Gasteiger partial charge in [0.1, 0.15) is 0 Å². The summed E-state index contributed by atoms with van der Waals surface area (Å²) >= 11 is 0. The second-order valence-corrected chi connectivity index (χ2v) is 5.11. The van der Waals surface area contributed by atoms with Crippen LogP contribution in [-0.4, -0.2) is 12.6 Å². The minimum atomic E-state index is -0.197. The molecule has 0 saturated heterocycles. The van der Waals surface area contributed by atoms with Gasteiger partial charge in [-0.3, -0.25) is 0 Å². The van der Waals surface area contributed by atoms with Crippen molar-refractivity contribution in [1.29, 1.82) is 0 Å². The average Bonchev–Trinajstić information content (AvgIpc) is 2.45. The first kappa shape index (κ1) is 15.7. The molecule has 0 aromatic heterocycles. The first-order valence-electron chi connectivity index (χ1n) is 7.50. The van der Waals surface area contributed by atoms with Crippen LogP contribution in [0, 0.1) is 5.92 Å². The van der Waals surface area contributed by atoms with Crippen LogP contribution in [0.1, 0.15) is 62.7 Å². The Hall–Kier alpha value is -1.31. The van der Waals surface area contributed by atoms with Crippen molar-refractivity contribution in [2.24, 2.45) is 5.92 Å². The number of hydrogen-bond donors (Lipinski definition) is 0. The highest BCUT2D eigenvalue weighted by atomic mass is 16.5. The number of hydrogen-bond acceptors (Lipinski definition) is 2. The Morgan fingerprint density at radius 2 is 1.79 bits per heavy atom. The topological polar surface area (TPSA) is 26.3 Å². The second-order valence-electron chi connectivity index (χ2n) is 5.11. The average molecular weight is 262 g/mol. The van der Waals surface area contributed by atoms with E-state index in [0.29, 0.717) is 18.1 Å². The van der Waals surface area contributed by atoms with Gasteiger partial charge in [-0.05, 0) is 30.9 Å². The van der Waals surface area contributed by atoms with E-state index in [1.165, 1.54) is 25.7 Å². The Kier molecular flexibility index (Phi) is 7.95. The molecule has 0 aliphatic heterocycles. The molecule has 1 rings (SSSR count). The third-order valence-electron chi connectivity index (χ3n) is 3.37. The maximum absolute atomic E-state index is 11.9. The molecular weight excluding hydrogens is 236 g/mol. The lowest BCUT2D eigenvalue weighted by Crippen LogP contribution is -2.14. The maximum atomic E-state index is 11.9. The number of unbranched alkanes of at least 4 members (excludes halogenated alkanes) is 2. The third kappa shape index (κ3) is 6.42. The predicted molar refractivity (Wildman–Crippen MR) is 79.3 cm³/mol. The minimum absolute atomic E-state index is 0.197. The molecule has 1 atom stereocenters. The molecule has 0 radical (unpaired) electrons. The van der Waals surface area contributed by atoms with E-state index in [2.05, 4.69) is 13.8 Å². The Morgan fingerprint density at radius 1 is 1.05 bits per heavy atom. The summed E-state index contributed by atoms with van der Waals surface area (Å²) < 4.78 is 5.43. The Labute approximate surface area is 117 Å². The first-order chi connectivity index (χ1) is 9.27. The predicted octanol–water partition coefficient (Wildman–Crippen LogP) is 4.84. The van der Waals surface area contributed by atoms with Crippen molar-refractivity contribution < 1.29 is 9.53 Å². The lowest BCUT2D eigenvalue weighted by molar-refractivity contribution is 0.0423. The van der Waals surface area contributed by atoms with E-state index in [1.807, 2.05) is 18.2 Å². The molecule has 0 aliphatic carbocycles. The molecule has 0 amide bonds. The van der Waals surface area contributed by atoms with Gasteiger partial charge in [0.15, 0.2) is 0 Å². The number of carbonyl (C=O) groups excluding carboxylic acids is 1. The zero-order valence-corrected chi connectivity index (χ0v) is 12.2. The van der Waals surface area contributed by atoms with Gasteiger partial charge in [0, 0.05) is 0 Å². The van der Waals surface area contributed by atoms with Crippen LogP contribution < -0.4 is 0 Å². The first-order valence-corrected chi connectivity index (χ1v) is 7.50. The van der Waals surface area contributed by atoms with Crippen LogP contribution in [0.2, 0.25) is 0 Å². The molecule has 19 heavy (non-hydrogen) atoms. The van der Waals surface area contributed by atoms with Gasteiger partial charge in [-0.15, -0.1) is 0 Å². The molecule has 1 aromatic carbocycles. The fourth-order valence-corrected chi connectivity index (χ4v) is 2.25. The van der Waals surface area contributed by atoms with Crippen LogP contribution in [0.5, 0.6) is 0 Å². The van der Waals surface area contributed by atoms with Crippen LogP contribution in [0.3, 0.4) is 0 Å². The van der Waals surface area contributed by atoms with E-state index in [4.69, 9.17) is 4.74 Å². The van der Waals surface area contributed by atoms with Gasteiger partial charge in [0.25, 0.3) is 0 Å². The van der Waals surface area contributed by atoms with E-state index in [9.17, 15) is 4.79 Å². The minimum Gasteiger partial charge on any atom is -0.462 e. The van der Waals surface area contributed by atoms with Crippen molar-refractivity contribution in [2.75, 3.05) is 6.61 Å². The van der Waals surface area contributed by atoms with Gasteiger partial charge < -0.3 is 4.74 Å². The Bertz CT molecular complexity index is 346. The molecule has 1 aromatic rings. The third-order valence-corrected chi connectivity index (χ3v) is 3.37. The molecule has 2 nitrogen and oxygen atoms in total. The number of carbonyl (C=O) groups is 1. The van der Waals surface area contributed by atoms with Crippen molar-refractivity contribution in [1.82, 2.24) is 0 Å². The van der Waals surface area contributed by atoms with Gasteiger partial charge in [-0.25, -0.2) is 4.79 Å². The number of rotatable bonds is 9. The highest BCUT2D eigenvalue weighted by Crippen LogP contribution is 2.17. The van der Waals surface area contributed by atoms with Crippen molar-refractivity contribution in [2.45, 2.75) is 52.4 Å². The molecule has 0 aliphatic rings. The molecule has 0 saturated carbocycles. The van der Waals surface area contributed by atoms with Gasteiger partial charge in [-0.1, -0.05) is 57.7 Å². The summed E-state index contributed by atoms with van der Waals surface area (Å²) in [5.41, 5.74) is 0.645. The van der Waals surface area contributed by atoms with Crippen LogP contribution >= 0.6 is 0 Å². The summed E-state index contributed by atoms with van der Waals surface area (Å²) in [5, 5.41) is 0. The van der Waals surface area contributed by atoms with Gasteiger partial charge >= 0.3 is 5.97 Å². The maximum Gasteiger partial charge on any atom is 0.338 e. The molecule has 0 heterocycles. The summed E-state index contributed by atoms with van der Waals surface area (Å²) in [7, 11) is 0. The quantitative estimate of drug-likeness (QED) is 0.470. The molecule has 2 heteroatoms. The van der Waals surface area contributed by atoms with Crippen molar-refractivity contribution in [3.63, 3.8) is 0 Å². The number of benzene rings is 1. The zero-order chi connectivity index (χ0) is 13.9. The summed E-state index contributed by atoms with van der Waals surface area (Å²) in [6, 6.07) is 9.23. The highest BCUT2D eigenvalue weighted by molar-refractivity contribution is 5.89. The molecule has 0 unspecified atom stereocenters. The molecule has 0 N–H and O–H groups in total. The van der Waals surface area contributed by atoms with E-state index in [-0.39, 0.29) is 5.97 Å². The highest BCUT2D eigenvalue weighted by Gasteiger charge is 2.12. The summed E-state index contributed by atoms with van der Waals surface area (Å²) in [5.74, 6) is 0.321. The van der Waals surface area contributed by atoms with Crippen LogP contribution in [-0.2, 0) is 4.74 Å². The van der Waals surface area contributed by atoms with E-state index >= 15 is 0 Å². The van der Waals surface area contributed by atoms with Crippen molar-refractivity contribution >= 4 is 5.97 Å². The van der Waals surface area contributed by atoms with Crippen LogP contribution in [0.15, 0.2) is 30.3 Å². The molecular formula is C17H26O2. The molecule has 106 valence electrons. The van der Waals surface area contributed by atoms with E-state index < -0.39 is 0 Å². The molecule has 0 fully saturated rings. The van der Waals surface area contributed by atoms with E-state index in [0.717, 1.165) is 12.8 Å². The Balaban J connectivity index is 2.36. The van der Waals surface area contributed by atoms with Crippen LogP contribution in [0.4, 0.5) is 0 Å². The van der Waals surface area contributed by atoms with Gasteiger partial charge in [0.05, 0.1) is 12.2 Å². The van der Waals surface area contributed by atoms with E-state index in [1.54, 1.807) is 12.1 Å². The van der Waals surface area contributed by atoms with Gasteiger partial charge in [0.2, 0.25) is 0 Å². The zero-order valence-electron chi connectivity index (χ0n) is 12.2. The SMILES string of the molecule is CCCCC[C@@H](CCC)COC(=O)c1ccccc1. The monoisotopic (exact) mass is 262 g/mol. The molecule has 0 bridgehead atoms. The fraction of sp³-hybridized carbons (Fsp3) is 0.588.